The van der Waals surface area contributed by atoms with E-state index in [2.05, 4.69) is 167 Å². The maximum Gasteiger partial charge on any atom is 0.238 e. The van der Waals surface area contributed by atoms with Crippen molar-refractivity contribution in [2.45, 2.75) is 0 Å². The molecule has 0 aliphatic rings. The summed E-state index contributed by atoms with van der Waals surface area (Å²) < 4.78 is 11.1. The lowest BCUT2D eigenvalue weighted by Crippen LogP contribution is -2.06. The van der Waals surface area contributed by atoms with Crippen LogP contribution in [0.15, 0.2) is 192 Å². The van der Waals surface area contributed by atoms with E-state index in [-0.39, 0.29) is 0 Å². The molecule has 0 aliphatic carbocycles. The van der Waals surface area contributed by atoms with Crippen LogP contribution < -0.4 is 0 Å². The van der Waals surface area contributed by atoms with Crippen molar-refractivity contribution in [1.82, 2.24) is 24.1 Å². The highest BCUT2D eigenvalue weighted by atomic mass is 16.3. The Labute approximate surface area is 326 Å². The zero-order valence-electron chi connectivity index (χ0n) is 30.5. The molecular weight excluding hydrogens is 699 g/mol. The summed E-state index contributed by atoms with van der Waals surface area (Å²) in [6.07, 6.45) is 0. The second-order valence-electron chi connectivity index (χ2n) is 14.5. The molecule has 4 heterocycles. The average Bonchev–Trinajstić information content (AvgIpc) is 3.93. The quantitative estimate of drug-likeness (QED) is 0.177. The largest absolute Gasteiger partial charge is 0.456 e. The molecule has 0 N–H and O–H groups in total. The van der Waals surface area contributed by atoms with E-state index in [4.69, 9.17) is 19.4 Å². The molecule has 12 aromatic rings. The number of hydrogen-bond acceptors (Lipinski definition) is 4. The van der Waals surface area contributed by atoms with Gasteiger partial charge in [-0.25, -0.2) is 4.98 Å². The average molecular weight is 730 g/mol. The van der Waals surface area contributed by atoms with Crippen LogP contribution >= 0.6 is 0 Å². The van der Waals surface area contributed by atoms with Gasteiger partial charge in [0, 0.05) is 49.1 Å². The van der Waals surface area contributed by atoms with Crippen LogP contribution in [0, 0.1) is 0 Å². The summed E-state index contributed by atoms with van der Waals surface area (Å²) in [7, 11) is 0. The Morgan fingerprint density at radius 3 is 1.58 bits per heavy atom. The molecule has 0 radical (unpaired) electrons. The molecule has 57 heavy (non-hydrogen) atoms. The number of fused-ring (bicyclic) bond motifs is 9. The topological polar surface area (TPSA) is 61.7 Å². The van der Waals surface area contributed by atoms with Gasteiger partial charge < -0.3 is 8.98 Å². The third-order valence-electron chi connectivity index (χ3n) is 11.2. The van der Waals surface area contributed by atoms with E-state index in [9.17, 15) is 0 Å². The van der Waals surface area contributed by atoms with Crippen LogP contribution in [-0.4, -0.2) is 24.1 Å². The van der Waals surface area contributed by atoms with E-state index in [1.54, 1.807) is 0 Å². The van der Waals surface area contributed by atoms with Crippen molar-refractivity contribution in [3.63, 3.8) is 0 Å². The van der Waals surface area contributed by atoms with Gasteiger partial charge in [-0.15, -0.1) is 0 Å². The normalized spacial score (nSPS) is 11.9. The van der Waals surface area contributed by atoms with Crippen molar-refractivity contribution < 1.29 is 4.42 Å². The molecule has 0 atom stereocenters. The fraction of sp³-hybridized carbons (Fsp3) is 0. The van der Waals surface area contributed by atoms with E-state index in [1.807, 2.05) is 30.3 Å². The number of benzene rings is 8. The van der Waals surface area contributed by atoms with Gasteiger partial charge in [0.1, 0.15) is 11.2 Å². The first kappa shape index (κ1) is 31.5. The van der Waals surface area contributed by atoms with Crippen molar-refractivity contribution in [1.29, 1.82) is 0 Å². The Kier molecular flexibility index (Phi) is 6.83. The van der Waals surface area contributed by atoms with Crippen LogP contribution in [0.5, 0.6) is 0 Å². The molecule has 0 saturated carbocycles. The van der Waals surface area contributed by atoms with Crippen LogP contribution in [0.3, 0.4) is 0 Å². The number of nitrogens with zero attached hydrogens (tertiary/aromatic N) is 5. The second-order valence-corrected chi connectivity index (χ2v) is 14.5. The van der Waals surface area contributed by atoms with E-state index in [0.29, 0.717) is 17.6 Å². The van der Waals surface area contributed by atoms with Crippen molar-refractivity contribution in [2.75, 3.05) is 0 Å². The lowest BCUT2D eigenvalue weighted by molar-refractivity contribution is 0.669. The molecular formula is C51H31N5O. The fourth-order valence-corrected chi connectivity index (χ4v) is 8.55. The molecule has 8 aromatic carbocycles. The summed E-state index contributed by atoms with van der Waals surface area (Å²) in [5.41, 5.74) is 11.3. The van der Waals surface area contributed by atoms with Gasteiger partial charge in [0.25, 0.3) is 0 Å². The summed E-state index contributed by atoms with van der Waals surface area (Å²) in [5, 5.41) is 6.82. The molecule has 266 valence electrons. The van der Waals surface area contributed by atoms with E-state index >= 15 is 0 Å². The molecule has 12 rings (SSSR count). The van der Waals surface area contributed by atoms with Crippen molar-refractivity contribution in [2.24, 2.45) is 0 Å². The fourth-order valence-electron chi connectivity index (χ4n) is 8.55. The van der Waals surface area contributed by atoms with E-state index in [1.165, 1.54) is 21.9 Å². The van der Waals surface area contributed by atoms with Gasteiger partial charge in [0.15, 0.2) is 11.6 Å². The monoisotopic (exact) mass is 729 g/mol. The van der Waals surface area contributed by atoms with Gasteiger partial charge in [-0.1, -0.05) is 127 Å². The Morgan fingerprint density at radius 2 is 0.877 bits per heavy atom. The molecule has 6 heteroatoms. The first-order chi connectivity index (χ1) is 28.2. The highest BCUT2D eigenvalue weighted by Crippen LogP contribution is 2.38. The Bertz CT molecular complexity index is 3470. The highest BCUT2D eigenvalue weighted by molar-refractivity contribution is 6.12. The third kappa shape index (κ3) is 4.94. The number of aromatic nitrogens is 5. The number of para-hydroxylation sites is 3. The van der Waals surface area contributed by atoms with E-state index in [0.717, 1.165) is 71.6 Å². The maximum atomic E-state index is 6.57. The molecule has 0 amide bonds. The Balaban J connectivity index is 1.01. The second kappa shape index (κ2) is 12.3. The molecule has 0 unspecified atom stereocenters. The van der Waals surface area contributed by atoms with Crippen molar-refractivity contribution in [3.05, 3.63) is 188 Å². The van der Waals surface area contributed by atoms with Gasteiger partial charge in [-0.05, 0) is 71.8 Å². The number of hydrogen-bond donors (Lipinski definition) is 0. The molecule has 0 aliphatic heterocycles. The van der Waals surface area contributed by atoms with Gasteiger partial charge in [0.2, 0.25) is 5.95 Å². The van der Waals surface area contributed by atoms with Crippen LogP contribution in [0.25, 0.3) is 111 Å². The predicted octanol–water partition coefficient (Wildman–Crippen LogP) is 13.0. The summed E-state index contributed by atoms with van der Waals surface area (Å²) in [5.74, 6) is 1.74. The minimum atomic E-state index is 0.563. The highest BCUT2D eigenvalue weighted by Gasteiger charge is 2.19. The summed E-state index contributed by atoms with van der Waals surface area (Å²) >= 11 is 0. The molecule has 4 aromatic heterocycles. The van der Waals surface area contributed by atoms with Crippen molar-refractivity contribution in [3.8, 4) is 45.5 Å². The third-order valence-corrected chi connectivity index (χ3v) is 11.2. The first-order valence-electron chi connectivity index (χ1n) is 19.1. The van der Waals surface area contributed by atoms with Gasteiger partial charge in [0.05, 0.1) is 22.1 Å². The minimum Gasteiger partial charge on any atom is -0.456 e. The van der Waals surface area contributed by atoms with E-state index < -0.39 is 0 Å². The Hall–Kier alpha value is -7.83. The minimum absolute atomic E-state index is 0.563. The first-order valence-corrected chi connectivity index (χ1v) is 19.1. The molecule has 0 fully saturated rings. The van der Waals surface area contributed by atoms with Gasteiger partial charge in [-0.3, -0.25) is 4.57 Å². The summed E-state index contributed by atoms with van der Waals surface area (Å²) in [6, 6.07) is 65.6. The van der Waals surface area contributed by atoms with Crippen LogP contribution in [-0.2, 0) is 0 Å². The summed E-state index contributed by atoms with van der Waals surface area (Å²) in [4.78, 5) is 15.3. The van der Waals surface area contributed by atoms with Gasteiger partial charge >= 0.3 is 0 Å². The standard InChI is InChI=1S/C51H31N5O/c1-3-13-32(14-4-1)34-24-27-46-41(29-34)39-19-9-10-20-43(39)55(46)36-25-28-47-42(31-36)40-26-23-35(30-48(40)57-47)50-52-49(33-15-5-2-6-16-33)53-51(54-50)56-44-21-11-7-17-37(44)38-18-8-12-22-45(38)56/h1-31H. The molecule has 0 spiro atoms. The zero-order valence-corrected chi connectivity index (χ0v) is 30.5. The van der Waals surface area contributed by atoms with Crippen LogP contribution in [0.4, 0.5) is 0 Å². The summed E-state index contributed by atoms with van der Waals surface area (Å²) in [6.45, 7) is 0. The molecule has 6 nitrogen and oxygen atoms in total. The van der Waals surface area contributed by atoms with Crippen LogP contribution in [0.2, 0.25) is 0 Å². The van der Waals surface area contributed by atoms with Crippen molar-refractivity contribution >= 4 is 65.6 Å². The Morgan fingerprint density at radius 1 is 0.316 bits per heavy atom. The molecule has 0 bridgehead atoms. The number of rotatable bonds is 5. The lowest BCUT2D eigenvalue weighted by Gasteiger charge is -2.11. The lowest BCUT2D eigenvalue weighted by atomic mass is 10.0. The SMILES string of the molecule is c1ccc(-c2ccc3c(c2)c2ccccc2n3-c2ccc3oc4cc(-c5nc(-c6ccccc6)nc(-n6c7ccccc7c7ccccc76)n5)ccc4c3c2)cc1. The van der Waals surface area contributed by atoms with Crippen LogP contribution in [0.1, 0.15) is 0 Å². The smallest absolute Gasteiger partial charge is 0.238 e. The number of furan rings is 1. The predicted molar refractivity (Wildman–Crippen MR) is 232 cm³/mol. The molecule has 0 saturated heterocycles. The maximum absolute atomic E-state index is 6.57. The van der Waals surface area contributed by atoms with Gasteiger partial charge in [-0.2, -0.15) is 9.97 Å². The zero-order chi connectivity index (χ0) is 37.5.